The SMILES string of the molecule is CCCCCNC(=O)NCCOc1ccc2c(c1)OCO2. The largest absolute Gasteiger partial charge is 0.492 e. The van der Waals surface area contributed by atoms with Crippen molar-refractivity contribution in [1.82, 2.24) is 10.6 Å². The van der Waals surface area contributed by atoms with Gasteiger partial charge in [0.25, 0.3) is 0 Å². The number of urea groups is 1. The lowest BCUT2D eigenvalue weighted by atomic mass is 10.2. The van der Waals surface area contributed by atoms with E-state index in [0.29, 0.717) is 31.2 Å². The number of carbonyl (C=O) groups excluding carboxylic acids is 1. The van der Waals surface area contributed by atoms with Crippen molar-refractivity contribution in [2.45, 2.75) is 26.2 Å². The van der Waals surface area contributed by atoms with Crippen LogP contribution < -0.4 is 24.8 Å². The number of carbonyl (C=O) groups is 1. The molecule has 0 unspecified atom stereocenters. The normalized spacial score (nSPS) is 12.0. The molecule has 0 spiro atoms. The Morgan fingerprint density at radius 3 is 2.86 bits per heavy atom. The molecule has 1 aromatic carbocycles. The Morgan fingerprint density at radius 1 is 1.19 bits per heavy atom. The first-order valence-electron chi connectivity index (χ1n) is 7.33. The molecule has 0 bridgehead atoms. The highest BCUT2D eigenvalue weighted by molar-refractivity contribution is 5.73. The number of ether oxygens (including phenoxy) is 3. The van der Waals surface area contributed by atoms with Crippen molar-refractivity contribution in [2.75, 3.05) is 26.5 Å². The average Bonchev–Trinajstić information content (AvgIpc) is 2.96. The summed E-state index contributed by atoms with van der Waals surface area (Å²) < 4.78 is 16.0. The summed E-state index contributed by atoms with van der Waals surface area (Å²) in [5.41, 5.74) is 0. The van der Waals surface area contributed by atoms with Crippen LogP contribution in [0, 0.1) is 0 Å². The summed E-state index contributed by atoms with van der Waals surface area (Å²) in [6.07, 6.45) is 3.29. The molecular weight excluding hydrogens is 272 g/mol. The van der Waals surface area contributed by atoms with E-state index >= 15 is 0 Å². The lowest BCUT2D eigenvalue weighted by molar-refractivity contribution is 0.173. The summed E-state index contributed by atoms with van der Waals surface area (Å²) in [4.78, 5) is 11.5. The van der Waals surface area contributed by atoms with Gasteiger partial charge in [-0.2, -0.15) is 0 Å². The fourth-order valence-electron chi connectivity index (χ4n) is 1.94. The lowest BCUT2D eigenvalue weighted by Crippen LogP contribution is -2.38. The summed E-state index contributed by atoms with van der Waals surface area (Å²) in [5.74, 6) is 2.12. The standard InChI is InChI=1S/C15H22N2O4/c1-2-3-4-7-16-15(18)17-8-9-19-12-5-6-13-14(10-12)21-11-20-13/h5-6,10H,2-4,7-9,11H2,1H3,(H2,16,17,18). The van der Waals surface area contributed by atoms with Crippen LogP contribution in [0.25, 0.3) is 0 Å². The second-order valence-corrected chi connectivity index (χ2v) is 4.75. The van der Waals surface area contributed by atoms with E-state index in [-0.39, 0.29) is 12.8 Å². The topological polar surface area (TPSA) is 68.8 Å². The van der Waals surface area contributed by atoms with Crippen LogP contribution in [0.2, 0.25) is 0 Å². The minimum Gasteiger partial charge on any atom is -0.492 e. The summed E-state index contributed by atoms with van der Waals surface area (Å²) in [5, 5.41) is 5.56. The number of nitrogens with one attached hydrogen (secondary N) is 2. The zero-order valence-electron chi connectivity index (χ0n) is 12.3. The second-order valence-electron chi connectivity index (χ2n) is 4.75. The van der Waals surface area contributed by atoms with E-state index in [1.54, 1.807) is 6.07 Å². The highest BCUT2D eigenvalue weighted by Crippen LogP contribution is 2.34. The molecule has 6 heteroatoms. The van der Waals surface area contributed by atoms with Gasteiger partial charge < -0.3 is 24.8 Å². The maximum atomic E-state index is 11.5. The van der Waals surface area contributed by atoms with Crippen LogP contribution in [0.4, 0.5) is 4.79 Å². The Hall–Kier alpha value is -2.11. The second kappa shape index (κ2) is 8.24. The van der Waals surface area contributed by atoms with Crippen LogP contribution in [-0.4, -0.2) is 32.5 Å². The fourth-order valence-corrected chi connectivity index (χ4v) is 1.94. The molecule has 2 N–H and O–H groups in total. The molecule has 1 aliphatic heterocycles. The first kappa shape index (κ1) is 15.3. The van der Waals surface area contributed by atoms with Gasteiger partial charge in [0, 0.05) is 12.6 Å². The van der Waals surface area contributed by atoms with Crippen LogP contribution in [0.5, 0.6) is 17.2 Å². The first-order valence-corrected chi connectivity index (χ1v) is 7.33. The molecule has 2 rings (SSSR count). The Bertz CT molecular complexity index is 465. The summed E-state index contributed by atoms with van der Waals surface area (Å²) in [6, 6.07) is 5.26. The van der Waals surface area contributed by atoms with E-state index in [0.717, 1.165) is 25.0 Å². The molecule has 1 aromatic rings. The number of hydrogen-bond acceptors (Lipinski definition) is 4. The van der Waals surface area contributed by atoms with Gasteiger partial charge in [-0.25, -0.2) is 4.79 Å². The van der Waals surface area contributed by atoms with E-state index in [2.05, 4.69) is 17.6 Å². The highest BCUT2D eigenvalue weighted by atomic mass is 16.7. The summed E-state index contributed by atoms with van der Waals surface area (Å²) >= 11 is 0. The maximum absolute atomic E-state index is 11.5. The van der Waals surface area contributed by atoms with E-state index in [1.165, 1.54) is 0 Å². The molecule has 0 radical (unpaired) electrons. The predicted molar refractivity (Wildman–Crippen MR) is 79.0 cm³/mol. The smallest absolute Gasteiger partial charge is 0.314 e. The third-order valence-electron chi connectivity index (χ3n) is 3.07. The van der Waals surface area contributed by atoms with Crippen LogP contribution in [0.3, 0.4) is 0 Å². The Kier molecular flexibility index (Phi) is 5.99. The van der Waals surface area contributed by atoms with Gasteiger partial charge in [0.15, 0.2) is 11.5 Å². The Balaban J connectivity index is 1.58. The van der Waals surface area contributed by atoms with Crippen LogP contribution in [-0.2, 0) is 0 Å². The fraction of sp³-hybridized carbons (Fsp3) is 0.533. The van der Waals surface area contributed by atoms with Gasteiger partial charge in [0.1, 0.15) is 12.4 Å². The lowest BCUT2D eigenvalue weighted by Gasteiger charge is -2.09. The molecule has 0 fully saturated rings. The molecule has 1 heterocycles. The number of hydrogen-bond donors (Lipinski definition) is 2. The number of fused-ring (bicyclic) bond motifs is 1. The maximum Gasteiger partial charge on any atom is 0.314 e. The number of benzene rings is 1. The van der Waals surface area contributed by atoms with Crippen molar-refractivity contribution >= 4 is 6.03 Å². The van der Waals surface area contributed by atoms with Crippen molar-refractivity contribution < 1.29 is 19.0 Å². The van der Waals surface area contributed by atoms with Crippen molar-refractivity contribution in [3.63, 3.8) is 0 Å². The average molecular weight is 294 g/mol. The third kappa shape index (κ3) is 5.06. The van der Waals surface area contributed by atoms with Crippen molar-refractivity contribution in [1.29, 1.82) is 0 Å². The highest BCUT2D eigenvalue weighted by Gasteiger charge is 2.13. The molecule has 0 aliphatic carbocycles. The zero-order valence-corrected chi connectivity index (χ0v) is 12.3. The van der Waals surface area contributed by atoms with Crippen molar-refractivity contribution in [2.24, 2.45) is 0 Å². The van der Waals surface area contributed by atoms with Gasteiger partial charge in [0.05, 0.1) is 6.54 Å². The minimum atomic E-state index is -0.152. The molecule has 21 heavy (non-hydrogen) atoms. The quantitative estimate of drug-likeness (QED) is 0.722. The van der Waals surface area contributed by atoms with E-state index in [4.69, 9.17) is 14.2 Å². The number of unbranched alkanes of at least 4 members (excludes halogenated alkanes) is 2. The first-order chi connectivity index (χ1) is 10.3. The van der Waals surface area contributed by atoms with Gasteiger partial charge in [0.2, 0.25) is 6.79 Å². The summed E-state index contributed by atoms with van der Waals surface area (Å²) in [7, 11) is 0. The third-order valence-corrected chi connectivity index (χ3v) is 3.07. The van der Waals surface area contributed by atoms with Crippen LogP contribution in [0.1, 0.15) is 26.2 Å². The summed E-state index contributed by atoms with van der Waals surface area (Å²) in [6.45, 7) is 3.95. The van der Waals surface area contributed by atoms with Gasteiger partial charge in [-0.1, -0.05) is 19.8 Å². The molecule has 1 aliphatic rings. The van der Waals surface area contributed by atoms with E-state index in [9.17, 15) is 4.79 Å². The molecule has 2 amide bonds. The molecule has 0 saturated heterocycles. The van der Waals surface area contributed by atoms with Crippen LogP contribution in [0.15, 0.2) is 18.2 Å². The van der Waals surface area contributed by atoms with Crippen molar-refractivity contribution in [3.8, 4) is 17.2 Å². The van der Waals surface area contributed by atoms with Gasteiger partial charge in [-0.15, -0.1) is 0 Å². The number of amides is 2. The monoisotopic (exact) mass is 294 g/mol. The molecule has 0 saturated carbocycles. The molecular formula is C15H22N2O4. The molecule has 6 nitrogen and oxygen atoms in total. The van der Waals surface area contributed by atoms with Gasteiger partial charge in [-0.05, 0) is 18.6 Å². The molecule has 116 valence electrons. The minimum absolute atomic E-state index is 0.152. The predicted octanol–water partition coefficient (Wildman–Crippen LogP) is 2.28. The molecule has 0 aromatic heterocycles. The van der Waals surface area contributed by atoms with Crippen LogP contribution >= 0.6 is 0 Å². The van der Waals surface area contributed by atoms with E-state index in [1.807, 2.05) is 12.1 Å². The van der Waals surface area contributed by atoms with Crippen molar-refractivity contribution in [3.05, 3.63) is 18.2 Å². The van der Waals surface area contributed by atoms with Gasteiger partial charge in [-0.3, -0.25) is 0 Å². The Morgan fingerprint density at radius 2 is 2.00 bits per heavy atom. The molecule has 0 atom stereocenters. The van der Waals surface area contributed by atoms with Gasteiger partial charge >= 0.3 is 6.03 Å². The number of rotatable bonds is 8. The van der Waals surface area contributed by atoms with E-state index < -0.39 is 0 Å². The zero-order chi connectivity index (χ0) is 14.9. The Labute approximate surface area is 124 Å².